The molecule has 0 amide bonds. The molecule has 0 aliphatic heterocycles. The fourth-order valence-corrected chi connectivity index (χ4v) is 4.01. The summed E-state index contributed by atoms with van der Waals surface area (Å²) in [4.78, 5) is 11.3. The van der Waals surface area contributed by atoms with Gasteiger partial charge < -0.3 is 9.84 Å². The van der Waals surface area contributed by atoms with Crippen molar-refractivity contribution in [1.29, 1.82) is 0 Å². The number of rotatable bonds is 9. The van der Waals surface area contributed by atoms with Gasteiger partial charge in [0.2, 0.25) is 0 Å². The van der Waals surface area contributed by atoms with Gasteiger partial charge in [-0.1, -0.05) is 74.4 Å². The number of benzene rings is 2. The van der Waals surface area contributed by atoms with Crippen molar-refractivity contribution < 1.29 is 23.4 Å². The van der Waals surface area contributed by atoms with Crippen LogP contribution in [0, 0.1) is 5.92 Å². The lowest BCUT2D eigenvalue weighted by Crippen LogP contribution is -2.34. The summed E-state index contributed by atoms with van der Waals surface area (Å²) in [6, 6.07) is 15.2. The summed E-state index contributed by atoms with van der Waals surface area (Å²) in [6.45, 7) is 3.98. The summed E-state index contributed by atoms with van der Waals surface area (Å²) in [6.07, 6.45) is 6.96. The van der Waals surface area contributed by atoms with Gasteiger partial charge in [0.15, 0.2) is 17.3 Å². The van der Waals surface area contributed by atoms with Gasteiger partial charge in [0.05, 0.1) is 0 Å². The Hall–Kier alpha value is -2.79. The van der Waals surface area contributed by atoms with Crippen LogP contribution in [0.25, 0.3) is 11.1 Å². The number of aryl methyl sites for hydroxylation is 1. The normalized spacial score (nSPS) is 20.8. The molecule has 31 heavy (non-hydrogen) atoms. The Kier molecular flexibility index (Phi) is 7.39. The minimum absolute atomic E-state index is 0.119. The molecule has 0 spiro atoms. The molecule has 164 valence electrons. The molecule has 2 unspecified atom stereocenters. The van der Waals surface area contributed by atoms with Crippen molar-refractivity contribution in [2.75, 3.05) is 6.61 Å². The molecule has 1 N–H and O–H groups in total. The Morgan fingerprint density at radius 1 is 1.06 bits per heavy atom. The fraction of sp³-hybridized carbons (Fsp3) is 0.346. The maximum atomic E-state index is 15.4. The van der Waals surface area contributed by atoms with E-state index in [1.54, 1.807) is 19.1 Å². The van der Waals surface area contributed by atoms with E-state index in [-0.39, 0.29) is 6.61 Å². The summed E-state index contributed by atoms with van der Waals surface area (Å²) in [5, 5.41) is 9.20. The van der Waals surface area contributed by atoms with Gasteiger partial charge in [0.25, 0.3) is 0 Å². The minimum atomic E-state index is -1.80. The van der Waals surface area contributed by atoms with Gasteiger partial charge in [-0.15, -0.1) is 0 Å². The van der Waals surface area contributed by atoms with Gasteiger partial charge in [0.1, 0.15) is 5.92 Å². The third kappa shape index (κ3) is 4.62. The molecule has 0 saturated heterocycles. The second kappa shape index (κ2) is 10.0. The molecular formula is C26H28F2O3. The van der Waals surface area contributed by atoms with E-state index in [1.807, 2.05) is 24.3 Å². The smallest absolute Gasteiger partial charge is 0.317 e. The lowest BCUT2D eigenvalue weighted by molar-refractivity contribution is -0.139. The minimum Gasteiger partial charge on any atom is -0.480 e. The Bertz CT molecular complexity index is 978. The molecule has 2 atom stereocenters. The Morgan fingerprint density at radius 2 is 1.77 bits per heavy atom. The number of ether oxygens (including phenoxy) is 1. The van der Waals surface area contributed by atoms with Crippen LogP contribution in [0.15, 0.2) is 72.3 Å². The van der Waals surface area contributed by atoms with Crippen molar-refractivity contribution in [2.45, 2.75) is 45.1 Å². The van der Waals surface area contributed by atoms with Crippen molar-refractivity contribution in [3.63, 3.8) is 0 Å². The first-order chi connectivity index (χ1) is 14.9. The number of hydrogen-bond donors (Lipinski definition) is 1. The monoisotopic (exact) mass is 426 g/mol. The molecule has 1 aliphatic carbocycles. The number of carboxylic acid groups (broad SMARTS) is 1. The lowest BCUT2D eigenvalue weighted by Gasteiger charge is -2.34. The molecule has 0 aromatic heterocycles. The third-order valence-electron chi connectivity index (χ3n) is 5.63. The van der Waals surface area contributed by atoms with Gasteiger partial charge >= 0.3 is 5.97 Å². The van der Waals surface area contributed by atoms with Crippen LogP contribution in [0.1, 0.15) is 44.2 Å². The molecule has 0 fully saturated rings. The van der Waals surface area contributed by atoms with Crippen LogP contribution in [0.2, 0.25) is 0 Å². The van der Waals surface area contributed by atoms with Crippen molar-refractivity contribution in [2.24, 2.45) is 5.92 Å². The third-order valence-corrected chi connectivity index (χ3v) is 5.63. The molecule has 1 aliphatic rings. The Balaban J connectivity index is 2.05. The zero-order chi connectivity index (χ0) is 22.4. The first-order valence-electron chi connectivity index (χ1n) is 10.7. The van der Waals surface area contributed by atoms with E-state index in [2.05, 4.69) is 19.1 Å². The molecule has 0 radical (unpaired) electrons. The van der Waals surface area contributed by atoms with E-state index in [0.29, 0.717) is 11.1 Å². The van der Waals surface area contributed by atoms with E-state index < -0.39 is 29.1 Å². The fourth-order valence-electron chi connectivity index (χ4n) is 4.01. The Morgan fingerprint density at radius 3 is 2.42 bits per heavy atom. The average molecular weight is 427 g/mol. The van der Waals surface area contributed by atoms with Gasteiger partial charge in [0, 0.05) is 12.2 Å². The summed E-state index contributed by atoms with van der Waals surface area (Å²) in [7, 11) is 0. The summed E-state index contributed by atoms with van der Waals surface area (Å²) in [5.74, 6) is -5.64. The van der Waals surface area contributed by atoms with E-state index in [9.17, 15) is 14.3 Å². The molecule has 0 heterocycles. The highest BCUT2D eigenvalue weighted by Gasteiger charge is 2.45. The predicted octanol–water partition coefficient (Wildman–Crippen LogP) is 6.74. The molecule has 3 nitrogen and oxygen atoms in total. The standard InChI is InChI=1S/C26H28F2O3/c1-3-5-6-9-18-12-14-19(15-13-18)20-10-7-8-11-22(20)26(31-4-2)17-16-21(25(29)30)23(27)24(26)28/h7-8,10-17,21H,3-6,9H2,1-2H3,(H,29,30). The van der Waals surface area contributed by atoms with Crippen LogP contribution in [0.5, 0.6) is 0 Å². The maximum Gasteiger partial charge on any atom is 0.317 e. The highest BCUT2D eigenvalue weighted by Crippen LogP contribution is 2.46. The van der Waals surface area contributed by atoms with E-state index >= 15 is 4.39 Å². The number of unbranched alkanes of at least 4 members (excludes halogenated alkanes) is 2. The second-order valence-corrected chi connectivity index (χ2v) is 7.71. The summed E-state index contributed by atoms with van der Waals surface area (Å²) < 4.78 is 35.9. The molecule has 3 rings (SSSR count). The highest BCUT2D eigenvalue weighted by molar-refractivity contribution is 5.77. The topological polar surface area (TPSA) is 46.5 Å². The van der Waals surface area contributed by atoms with Crippen molar-refractivity contribution >= 4 is 5.97 Å². The zero-order valence-corrected chi connectivity index (χ0v) is 17.9. The van der Waals surface area contributed by atoms with E-state index in [0.717, 1.165) is 30.9 Å². The molecular weight excluding hydrogens is 398 g/mol. The molecule has 0 bridgehead atoms. The lowest BCUT2D eigenvalue weighted by atomic mass is 9.80. The highest BCUT2D eigenvalue weighted by atomic mass is 19.2. The van der Waals surface area contributed by atoms with Crippen LogP contribution in [-0.2, 0) is 21.6 Å². The number of carbonyl (C=O) groups is 1. The number of carboxylic acids is 1. The average Bonchev–Trinajstić information content (AvgIpc) is 2.78. The molecule has 5 heteroatoms. The maximum absolute atomic E-state index is 15.4. The number of hydrogen-bond acceptors (Lipinski definition) is 2. The Labute approximate surface area is 182 Å². The van der Waals surface area contributed by atoms with Crippen molar-refractivity contribution in [1.82, 2.24) is 0 Å². The zero-order valence-electron chi connectivity index (χ0n) is 17.9. The first-order valence-corrected chi connectivity index (χ1v) is 10.7. The number of aliphatic carboxylic acids is 1. The van der Waals surface area contributed by atoms with E-state index in [4.69, 9.17) is 4.74 Å². The van der Waals surface area contributed by atoms with E-state index in [1.165, 1.54) is 18.1 Å². The predicted molar refractivity (Wildman–Crippen MR) is 118 cm³/mol. The summed E-state index contributed by atoms with van der Waals surface area (Å²) >= 11 is 0. The van der Waals surface area contributed by atoms with Crippen molar-refractivity contribution in [3.05, 3.63) is 83.5 Å². The van der Waals surface area contributed by atoms with Gasteiger partial charge in [-0.3, -0.25) is 4.79 Å². The van der Waals surface area contributed by atoms with Crippen LogP contribution in [-0.4, -0.2) is 17.7 Å². The van der Waals surface area contributed by atoms with Gasteiger partial charge in [-0.25, -0.2) is 8.78 Å². The van der Waals surface area contributed by atoms with Crippen LogP contribution in [0.3, 0.4) is 0 Å². The molecule has 2 aromatic carbocycles. The van der Waals surface area contributed by atoms with Crippen LogP contribution >= 0.6 is 0 Å². The van der Waals surface area contributed by atoms with Crippen LogP contribution in [0.4, 0.5) is 8.78 Å². The largest absolute Gasteiger partial charge is 0.480 e. The second-order valence-electron chi connectivity index (χ2n) is 7.71. The van der Waals surface area contributed by atoms with Crippen LogP contribution < -0.4 is 0 Å². The molecule has 2 aromatic rings. The van der Waals surface area contributed by atoms with Gasteiger partial charge in [-0.05, 0) is 42.5 Å². The first kappa shape index (κ1) is 22.9. The summed E-state index contributed by atoms with van der Waals surface area (Å²) in [5.41, 5.74) is 1.42. The van der Waals surface area contributed by atoms with Crippen molar-refractivity contribution in [3.8, 4) is 11.1 Å². The molecule has 0 saturated carbocycles. The van der Waals surface area contributed by atoms with Gasteiger partial charge in [-0.2, -0.15) is 0 Å². The SMILES string of the molecule is CCCCCc1ccc(-c2ccccc2C2(OCC)C=CC(C(=O)O)C(F)=C2F)cc1. The number of halogens is 2. The quantitative estimate of drug-likeness (QED) is 0.357.